The van der Waals surface area contributed by atoms with E-state index in [4.69, 9.17) is 4.42 Å². The summed E-state index contributed by atoms with van der Waals surface area (Å²) in [4.78, 5) is 7.08. The Hall–Kier alpha value is -2.55. The first-order valence-electron chi connectivity index (χ1n) is 10.4. The summed E-state index contributed by atoms with van der Waals surface area (Å²) in [6.45, 7) is 4.69. The van der Waals surface area contributed by atoms with E-state index in [0.29, 0.717) is 23.9 Å². The van der Waals surface area contributed by atoms with Gasteiger partial charge in [-0.3, -0.25) is 4.90 Å². The fraction of sp³-hybridized carbons (Fsp3) is 0.348. The van der Waals surface area contributed by atoms with Crippen molar-refractivity contribution in [3.8, 4) is 11.5 Å². The molecule has 2 aromatic carbocycles. The third kappa shape index (κ3) is 5.58. The van der Waals surface area contributed by atoms with Gasteiger partial charge in [0.2, 0.25) is 15.9 Å². The molecule has 1 aromatic heterocycles. The minimum Gasteiger partial charge on any atom is -0.444 e. The van der Waals surface area contributed by atoms with Gasteiger partial charge in [-0.2, -0.15) is 0 Å². The summed E-state index contributed by atoms with van der Waals surface area (Å²) in [6.07, 6.45) is 3.61. The van der Waals surface area contributed by atoms with Crippen LogP contribution in [0.2, 0.25) is 0 Å². The Kier molecular flexibility index (Phi) is 6.50. The van der Waals surface area contributed by atoms with Gasteiger partial charge in [0.05, 0.1) is 10.6 Å². The maximum Gasteiger partial charge on any atom is 0.240 e. The molecule has 1 aliphatic heterocycles. The Morgan fingerprint density at radius 3 is 2.65 bits per heavy atom. The molecule has 0 radical (unpaired) electrons. The van der Waals surface area contributed by atoms with Crippen LogP contribution in [0.5, 0.6) is 0 Å². The number of oxazole rings is 1. The zero-order valence-electron chi connectivity index (χ0n) is 17.4. The maximum absolute atomic E-state index is 13.1. The summed E-state index contributed by atoms with van der Waals surface area (Å²) in [5, 5.41) is 0. The van der Waals surface area contributed by atoms with Crippen LogP contribution in [0.1, 0.15) is 24.1 Å². The molecule has 0 amide bonds. The topological polar surface area (TPSA) is 75.4 Å². The van der Waals surface area contributed by atoms with Crippen molar-refractivity contribution in [2.45, 2.75) is 31.2 Å². The molecule has 1 N–H and O–H groups in total. The number of benzene rings is 2. The number of nitrogens with one attached hydrogen (secondary N) is 1. The van der Waals surface area contributed by atoms with Gasteiger partial charge in [0.25, 0.3) is 0 Å². The first kappa shape index (κ1) is 21.7. The number of likely N-dealkylation sites (tertiary alicyclic amines) is 1. The summed E-state index contributed by atoms with van der Waals surface area (Å²) in [7, 11) is -3.51. The first-order valence-corrected chi connectivity index (χ1v) is 11.9. The molecule has 0 bridgehead atoms. The van der Waals surface area contributed by atoms with E-state index >= 15 is 0 Å². The molecule has 0 aliphatic carbocycles. The highest BCUT2D eigenvalue weighted by molar-refractivity contribution is 7.89. The lowest BCUT2D eigenvalue weighted by Crippen LogP contribution is -2.40. The monoisotopic (exact) mass is 443 g/mol. The van der Waals surface area contributed by atoms with Crippen LogP contribution in [-0.4, -0.2) is 37.9 Å². The Morgan fingerprint density at radius 1 is 1.16 bits per heavy atom. The second-order valence-electron chi connectivity index (χ2n) is 8.06. The number of piperidine rings is 1. The molecule has 8 heteroatoms. The molecule has 6 nitrogen and oxygen atoms in total. The molecule has 3 aromatic rings. The maximum atomic E-state index is 13.1. The number of sulfonamides is 1. The second kappa shape index (κ2) is 9.30. The molecule has 2 heterocycles. The van der Waals surface area contributed by atoms with E-state index in [0.717, 1.165) is 42.8 Å². The largest absolute Gasteiger partial charge is 0.444 e. The van der Waals surface area contributed by atoms with E-state index in [-0.39, 0.29) is 11.7 Å². The SMILES string of the molecule is Cc1ccc(S(=O)(=O)NCC2CCCN(Cc3coc(-c4ccc(F)cc4)n3)C2)cc1. The van der Waals surface area contributed by atoms with Crippen molar-refractivity contribution in [1.29, 1.82) is 0 Å². The summed E-state index contributed by atoms with van der Waals surface area (Å²) in [5.41, 5.74) is 2.56. The molecule has 0 saturated carbocycles. The number of hydrogen-bond donors (Lipinski definition) is 1. The van der Waals surface area contributed by atoms with E-state index in [9.17, 15) is 12.8 Å². The summed E-state index contributed by atoms with van der Waals surface area (Å²) < 4.78 is 46.5. The number of hydrogen-bond acceptors (Lipinski definition) is 5. The summed E-state index contributed by atoms with van der Waals surface area (Å²) >= 11 is 0. The molecule has 1 unspecified atom stereocenters. The van der Waals surface area contributed by atoms with Crippen LogP contribution in [0.3, 0.4) is 0 Å². The summed E-state index contributed by atoms with van der Waals surface area (Å²) in [6, 6.07) is 12.9. The van der Waals surface area contributed by atoms with Gasteiger partial charge in [-0.05, 0) is 68.6 Å². The minimum atomic E-state index is -3.51. The lowest BCUT2D eigenvalue weighted by atomic mass is 9.98. The zero-order valence-corrected chi connectivity index (χ0v) is 18.2. The van der Waals surface area contributed by atoms with Crippen LogP contribution >= 0.6 is 0 Å². The Bertz CT molecular complexity index is 1110. The van der Waals surface area contributed by atoms with Crippen molar-refractivity contribution in [1.82, 2.24) is 14.6 Å². The lowest BCUT2D eigenvalue weighted by Gasteiger charge is -2.32. The molecule has 1 saturated heterocycles. The summed E-state index contributed by atoms with van der Waals surface area (Å²) in [5.74, 6) is 0.403. The number of halogens is 1. The average Bonchev–Trinajstić information content (AvgIpc) is 3.22. The first-order chi connectivity index (χ1) is 14.9. The van der Waals surface area contributed by atoms with Gasteiger partial charge in [0.15, 0.2) is 0 Å². The van der Waals surface area contributed by atoms with Crippen LogP contribution in [0.4, 0.5) is 4.39 Å². The van der Waals surface area contributed by atoms with E-state index in [1.807, 2.05) is 6.92 Å². The number of aromatic nitrogens is 1. The molecular weight excluding hydrogens is 417 g/mol. The van der Waals surface area contributed by atoms with Gasteiger partial charge >= 0.3 is 0 Å². The van der Waals surface area contributed by atoms with Crippen LogP contribution in [0.15, 0.2) is 64.1 Å². The van der Waals surface area contributed by atoms with E-state index in [1.165, 1.54) is 12.1 Å². The van der Waals surface area contributed by atoms with Gasteiger partial charge in [0.1, 0.15) is 12.1 Å². The highest BCUT2D eigenvalue weighted by Gasteiger charge is 2.23. The Balaban J connectivity index is 1.32. The van der Waals surface area contributed by atoms with E-state index in [1.54, 1.807) is 42.7 Å². The van der Waals surface area contributed by atoms with E-state index in [2.05, 4.69) is 14.6 Å². The van der Waals surface area contributed by atoms with Crippen molar-refractivity contribution >= 4 is 10.0 Å². The quantitative estimate of drug-likeness (QED) is 0.598. The average molecular weight is 444 g/mol. The second-order valence-corrected chi connectivity index (χ2v) is 9.83. The van der Waals surface area contributed by atoms with Crippen molar-refractivity contribution in [2.24, 2.45) is 5.92 Å². The zero-order chi connectivity index (χ0) is 21.8. The third-order valence-electron chi connectivity index (χ3n) is 5.52. The molecule has 4 rings (SSSR count). The molecular formula is C23H26FN3O3S. The van der Waals surface area contributed by atoms with Gasteiger partial charge in [-0.1, -0.05) is 17.7 Å². The lowest BCUT2D eigenvalue weighted by molar-refractivity contribution is 0.167. The predicted molar refractivity (Wildman–Crippen MR) is 116 cm³/mol. The van der Waals surface area contributed by atoms with Gasteiger partial charge in [-0.15, -0.1) is 0 Å². The van der Waals surface area contributed by atoms with Gasteiger partial charge in [0, 0.05) is 25.2 Å². The van der Waals surface area contributed by atoms with Gasteiger partial charge < -0.3 is 4.42 Å². The molecule has 1 aliphatic rings. The fourth-order valence-electron chi connectivity index (χ4n) is 3.82. The Morgan fingerprint density at radius 2 is 1.90 bits per heavy atom. The van der Waals surface area contributed by atoms with Crippen molar-refractivity contribution in [3.63, 3.8) is 0 Å². The number of aryl methyl sites for hydroxylation is 1. The van der Waals surface area contributed by atoms with Crippen molar-refractivity contribution in [3.05, 3.63) is 71.9 Å². The number of rotatable bonds is 7. The standard InChI is InChI=1S/C23H26FN3O3S/c1-17-4-10-22(11-5-17)31(28,29)25-13-18-3-2-12-27(14-18)15-21-16-30-23(26-21)19-6-8-20(24)9-7-19/h4-11,16,18,25H,2-3,12-15H2,1H3. The van der Waals surface area contributed by atoms with Crippen LogP contribution in [0.25, 0.3) is 11.5 Å². The highest BCUT2D eigenvalue weighted by atomic mass is 32.2. The van der Waals surface area contributed by atoms with Crippen LogP contribution in [-0.2, 0) is 16.6 Å². The number of nitrogens with zero attached hydrogens (tertiary/aromatic N) is 2. The minimum absolute atomic E-state index is 0.234. The van der Waals surface area contributed by atoms with Crippen LogP contribution in [0, 0.1) is 18.7 Å². The molecule has 164 valence electrons. The molecule has 0 spiro atoms. The van der Waals surface area contributed by atoms with Crippen LogP contribution < -0.4 is 4.72 Å². The predicted octanol–water partition coefficient (Wildman–Crippen LogP) is 3.98. The van der Waals surface area contributed by atoms with Crippen molar-refractivity contribution < 1.29 is 17.2 Å². The fourth-order valence-corrected chi connectivity index (χ4v) is 4.94. The molecule has 31 heavy (non-hydrogen) atoms. The van der Waals surface area contributed by atoms with E-state index < -0.39 is 10.0 Å². The molecule has 1 fully saturated rings. The smallest absolute Gasteiger partial charge is 0.240 e. The molecule has 1 atom stereocenters. The Labute approximate surface area is 182 Å². The highest BCUT2D eigenvalue weighted by Crippen LogP contribution is 2.22. The van der Waals surface area contributed by atoms with Gasteiger partial charge in [-0.25, -0.2) is 22.5 Å². The van der Waals surface area contributed by atoms with Crippen molar-refractivity contribution in [2.75, 3.05) is 19.6 Å². The normalized spacial score (nSPS) is 17.7. The third-order valence-corrected chi connectivity index (χ3v) is 6.96.